The Bertz CT molecular complexity index is 762. The van der Waals surface area contributed by atoms with Crippen LogP contribution in [0.15, 0.2) is 53.5 Å². The van der Waals surface area contributed by atoms with Crippen LogP contribution in [0.5, 0.6) is 5.75 Å². The number of nitrogens with one attached hydrogen (secondary N) is 1. The Hall–Kier alpha value is -3.21. The Kier molecular flexibility index (Phi) is 5.84. The molecule has 0 unspecified atom stereocenters. The maximum Gasteiger partial charge on any atom is 0.573 e. The van der Waals surface area contributed by atoms with Crippen LogP contribution in [0.4, 0.5) is 13.2 Å². The molecule has 0 aromatic heterocycles. The first kappa shape index (κ1) is 18.1. The van der Waals surface area contributed by atoms with Crippen LogP contribution in [0.1, 0.15) is 16.7 Å². The Morgan fingerprint density at radius 2 is 1.68 bits per heavy atom. The van der Waals surface area contributed by atoms with Crippen molar-refractivity contribution >= 4 is 5.96 Å². The van der Waals surface area contributed by atoms with Crippen LogP contribution in [-0.2, 0) is 13.1 Å². The van der Waals surface area contributed by atoms with E-state index >= 15 is 0 Å². The summed E-state index contributed by atoms with van der Waals surface area (Å²) in [6.07, 6.45) is -4.71. The van der Waals surface area contributed by atoms with E-state index in [1.165, 1.54) is 24.3 Å². The van der Waals surface area contributed by atoms with Crippen molar-refractivity contribution < 1.29 is 17.9 Å². The van der Waals surface area contributed by atoms with E-state index in [0.29, 0.717) is 17.7 Å². The van der Waals surface area contributed by atoms with Gasteiger partial charge in [0.05, 0.1) is 18.2 Å². The smallest absolute Gasteiger partial charge is 0.406 e. The highest BCUT2D eigenvalue weighted by atomic mass is 19.4. The minimum absolute atomic E-state index is 0.208. The molecule has 0 saturated heterocycles. The number of alkyl halides is 3. The Balaban J connectivity index is 1.84. The van der Waals surface area contributed by atoms with Crippen LogP contribution in [0.2, 0.25) is 0 Å². The van der Waals surface area contributed by atoms with E-state index in [2.05, 4.69) is 15.0 Å². The van der Waals surface area contributed by atoms with E-state index < -0.39 is 6.36 Å². The average Bonchev–Trinajstić information content (AvgIpc) is 2.58. The third kappa shape index (κ3) is 6.43. The van der Waals surface area contributed by atoms with Gasteiger partial charge in [-0.3, -0.25) is 0 Å². The van der Waals surface area contributed by atoms with Crippen LogP contribution in [-0.4, -0.2) is 12.3 Å². The molecule has 130 valence electrons. The second-order valence-electron chi connectivity index (χ2n) is 5.06. The average molecular weight is 348 g/mol. The summed E-state index contributed by atoms with van der Waals surface area (Å²) < 4.78 is 40.0. The molecule has 0 aliphatic heterocycles. The zero-order chi connectivity index (χ0) is 18.3. The fourth-order valence-electron chi connectivity index (χ4n) is 1.92. The molecule has 0 fully saturated rings. The highest BCUT2D eigenvalue weighted by molar-refractivity contribution is 5.77. The number of nitrogens with zero attached hydrogens (tertiary/aromatic N) is 2. The van der Waals surface area contributed by atoms with Crippen molar-refractivity contribution in [2.24, 2.45) is 10.7 Å². The number of hydrogen-bond donors (Lipinski definition) is 2. The van der Waals surface area contributed by atoms with E-state index in [4.69, 9.17) is 11.0 Å². The summed E-state index contributed by atoms with van der Waals surface area (Å²) in [5, 5.41) is 11.6. The van der Waals surface area contributed by atoms with Crippen LogP contribution in [0, 0.1) is 11.3 Å². The summed E-state index contributed by atoms with van der Waals surface area (Å²) in [5.41, 5.74) is 7.95. The summed E-state index contributed by atoms with van der Waals surface area (Å²) in [5.74, 6) is -0.0767. The SMILES string of the molecule is N#Cc1ccc(CNC(N)=NCc2ccc(OC(F)(F)F)cc2)cc1. The van der Waals surface area contributed by atoms with Gasteiger partial charge in [-0.2, -0.15) is 5.26 Å². The zero-order valence-corrected chi connectivity index (χ0v) is 13.0. The molecule has 0 aliphatic rings. The maximum absolute atomic E-state index is 12.1. The number of halogens is 3. The molecule has 2 rings (SSSR count). The second-order valence-corrected chi connectivity index (χ2v) is 5.06. The summed E-state index contributed by atoms with van der Waals surface area (Å²) in [6, 6.07) is 14.5. The van der Waals surface area contributed by atoms with Crippen LogP contribution in [0.25, 0.3) is 0 Å². The minimum atomic E-state index is -4.71. The number of ether oxygens (including phenoxy) is 1. The van der Waals surface area contributed by atoms with E-state index in [-0.39, 0.29) is 18.3 Å². The first-order chi connectivity index (χ1) is 11.9. The Morgan fingerprint density at radius 3 is 2.24 bits per heavy atom. The minimum Gasteiger partial charge on any atom is -0.406 e. The van der Waals surface area contributed by atoms with Crippen molar-refractivity contribution in [2.75, 3.05) is 0 Å². The van der Waals surface area contributed by atoms with Gasteiger partial charge in [0.1, 0.15) is 5.75 Å². The van der Waals surface area contributed by atoms with Gasteiger partial charge in [0.2, 0.25) is 0 Å². The van der Waals surface area contributed by atoms with Gasteiger partial charge in [-0.15, -0.1) is 13.2 Å². The molecule has 3 N–H and O–H groups in total. The third-order valence-electron chi connectivity index (χ3n) is 3.15. The van der Waals surface area contributed by atoms with Crippen LogP contribution in [0.3, 0.4) is 0 Å². The summed E-state index contributed by atoms with van der Waals surface area (Å²) >= 11 is 0. The van der Waals surface area contributed by atoms with Gasteiger partial charge in [-0.05, 0) is 35.4 Å². The van der Waals surface area contributed by atoms with Gasteiger partial charge in [0, 0.05) is 6.54 Å². The van der Waals surface area contributed by atoms with Gasteiger partial charge in [0.25, 0.3) is 0 Å². The predicted octanol–water partition coefficient (Wildman–Crippen LogP) is 3.06. The normalized spacial score (nSPS) is 11.7. The molecule has 0 heterocycles. The molecular weight excluding hydrogens is 333 g/mol. The van der Waals surface area contributed by atoms with Gasteiger partial charge < -0.3 is 15.8 Å². The predicted molar refractivity (Wildman–Crippen MR) is 86.4 cm³/mol. The number of benzene rings is 2. The van der Waals surface area contributed by atoms with Gasteiger partial charge in [-0.1, -0.05) is 24.3 Å². The molecule has 5 nitrogen and oxygen atoms in total. The molecule has 8 heteroatoms. The molecule has 0 spiro atoms. The molecular formula is C17H15F3N4O. The van der Waals surface area contributed by atoms with Crippen molar-refractivity contribution in [3.05, 3.63) is 65.2 Å². The van der Waals surface area contributed by atoms with E-state index in [1.54, 1.807) is 24.3 Å². The topological polar surface area (TPSA) is 83.4 Å². The molecule has 2 aromatic carbocycles. The maximum atomic E-state index is 12.1. The van der Waals surface area contributed by atoms with E-state index in [1.807, 2.05) is 6.07 Å². The van der Waals surface area contributed by atoms with E-state index in [0.717, 1.165) is 5.56 Å². The largest absolute Gasteiger partial charge is 0.573 e. The first-order valence-electron chi connectivity index (χ1n) is 7.23. The van der Waals surface area contributed by atoms with Gasteiger partial charge >= 0.3 is 6.36 Å². The summed E-state index contributed by atoms with van der Waals surface area (Å²) in [7, 11) is 0. The molecule has 0 radical (unpaired) electrons. The quantitative estimate of drug-likeness (QED) is 0.643. The lowest BCUT2D eigenvalue weighted by Gasteiger charge is -2.09. The lowest BCUT2D eigenvalue weighted by Crippen LogP contribution is -2.31. The molecule has 0 aliphatic carbocycles. The number of nitriles is 1. The van der Waals surface area contributed by atoms with Crippen LogP contribution < -0.4 is 15.8 Å². The molecule has 0 bridgehead atoms. The zero-order valence-electron chi connectivity index (χ0n) is 13.0. The summed E-state index contributed by atoms with van der Waals surface area (Å²) in [4.78, 5) is 4.12. The highest BCUT2D eigenvalue weighted by Crippen LogP contribution is 2.22. The van der Waals surface area contributed by atoms with Gasteiger partial charge in [-0.25, -0.2) is 4.99 Å². The number of guanidine groups is 1. The van der Waals surface area contributed by atoms with Crippen molar-refractivity contribution in [1.82, 2.24) is 5.32 Å². The first-order valence-corrected chi connectivity index (χ1v) is 7.23. The van der Waals surface area contributed by atoms with Crippen LogP contribution >= 0.6 is 0 Å². The molecule has 2 aromatic rings. The van der Waals surface area contributed by atoms with Crippen molar-refractivity contribution in [3.63, 3.8) is 0 Å². The van der Waals surface area contributed by atoms with Crippen molar-refractivity contribution in [2.45, 2.75) is 19.5 Å². The Labute approximate surface area is 142 Å². The second kappa shape index (κ2) is 8.06. The number of nitrogens with two attached hydrogens (primary N) is 1. The lowest BCUT2D eigenvalue weighted by atomic mass is 10.1. The molecule has 0 atom stereocenters. The molecule has 0 amide bonds. The fourth-order valence-corrected chi connectivity index (χ4v) is 1.92. The fraction of sp³-hybridized carbons (Fsp3) is 0.176. The molecule has 0 saturated carbocycles. The van der Waals surface area contributed by atoms with Gasteiger partial charge in [0.15, 0.2) is 5.96 Å². The monoisotopic (exact) mass is 348 g/mol. The number of hydrogen-bond acceptors (Lipinski definition) is 3. The van der Waals surface area contributed by atoms with E-state index in [9.17, 15) is 13.2 Å². The van der Waals surface area contributed by atoms with Crippen molar-refractivity contribution in [1.29, 1.82) is 5.26 Å². The third-order valence-corrected chi connectivity index (χ3v) is 3.15. The number of rotatable bonds is 5. The summed E-state index contributed by atoms with van der Waals surface area (Å²) in [6.45, 7) is 0.665. The standard InChI is InChI=1S/C17H15F3N4O/c18-17(19,20)25-15-7-5-14(6-8-15)11-24-16(22)23-10-13-3-1-12(9-21)2-4-13/h1-8H,10-11H2,(H3,22,23,24). The number of aliphatic imine (C=N–C) groups is 1. The highest BCUT2D eigenvalue weighted by Gasteiger charge is 2.30. The lowest BCUT2D eigenvalue weighted by molar-refractivity contribution is -0.274. The van der Waals surface area contributed by atoms with Crippen molar-refractivity contribution in [3.8, 4) is 11.8 Å². The Morgan fingerprint density at radius 1 is 1.08 bits per heavy atom. The molecule has 25 heavy (non-hydrogen) atoms.